The van der Waals surface area contributed by atoms with Gasteiger partial charge in [-0.05, 0) is 109 Å². The smallest absolute Gasteiger partial charge is 0.229 e. The highest BCUT2D eigenvalue weighted by Gasteiger charge is 2.37. The fraction of sp³-hybridized carbons (Fsp3) is 0.379. The van der Waals surface area contributed by atoms with Gasteiger partial charge in [-0.3, -0.25) is 5.32 Å². The molecule has 2 heterocycles. The largest absolute Gasteiger partial charge is 0.356 e. The molecule has 1 fully saturated rings. The summed E-state index contributed by atoms with van der Waals surface area (Å²) in [6.07, 6.45) is 1.79. The van der Waals surface area contributed by atoms with Gasteiger partial charge >= 0.3 is 0 Å². The Kier molecular flexibility index (Phi) is 8.28. The number of rotatable bonds is 5. The third-order valence-electron chi connectivity index (χ3n) is 6.13. The minimum Gasteiger partial charge on any atom is -0.356 e. The second-order valence-electron chi connectivity index (χ2n) is 11.2. The molecule has 1 aliphatic heterocycles. The maximum absolute atomic E-state index is 5.66. The second-order valence-corrected chi connectivity index (χ2v) is 11.6. The number of aliphatic imine (C=N–C) groups is 1. The molecular formula is C29H38N8S. The third kappa shape index (κ3) is 8.22. The molecule has 4 rings (SSSR count). The Balaban J connectivity index is 1.48. The minimum absolute atomic E-state index is 0.0360. The van der Waals surface area contributed by atoms with Crippen LogP contribution in [0.3, 0.4) is 0 Å². The number of hydrogen-bond acceptors (Lipinski definition) is 6. The highest BCUT2D eigenvalue weighted by Crippen LogP contribution is 2.30. The van der Waals surface area contributed by atoms with Crippen LogP contribution in [0.5, 0.6) is 0 Å². The number of hydrogen-bond donors (Lipinski definition) is 5. The van der Waals surface area contributed by atoms with Crippen molar-refractivity contribution in [1.82, 2.24) is 20.6 Å². The minimum atomic E-state index is -0.0360. The predicted octanol–water partition coefficient (Wildman–Crippen LogP) is 5.90. The topological polar surface area (TPSA) is 98.3 Å². The SMILES string of the molecule is Cc1cc(C)nc(NC(=NC2CC(C)(C)NC(C)(C)C2)NC(=S)Nc2ccc(Nc3ccccc3)cc2)n1. The van der Waals surface area contributed by atoms with Crippen molar-refractivity contribution in [2.75, 3.05) is 16.0 Å². The van der Waals surface area contributed by atoms with Crippen LogP contribution in [-0.2, 0) is 0 Å². The number of anilines is 4. The van der Waals surface area contributed by atoms with E-state index in [2.05, 4.69) is 64.2 Å². The van der Waals surface area contributed by atoms with Gasteiger partial charge in [0.05, 0.1) is 6.04 Å². The Morgan fingerprint density at radius 1 is 0.842 bits per heavy atom. The van der Waals surface area contributed by atoms with Crippen LogP contribution in [0.15, 0.2) is 65.7 Å². The first-order valence-electron chi connectivity index (χ1n) is 12.9. The molecule has 1 aliphatic rings. The summed E-state index contributed by atoms with van der Waals surface area (Å²) < 4.78 is 0. The molecule has 1 aromatic heterocycles. The number of guanidine groups is 1. The molecule has 0 radical (unpaired) electrons. The summed E-state index contributed by atoms with van der Waals surface area (Å²) in [4.78, 5) is 14.1. The summed E-state index contributed by atoms with van der Waals surface area (Å²) in [6, 6.07) is 20.1. The molecular weight excluding hydrogens is 492 g/mol. The summed E-state index contributed by atoms with van der Waals surface area (Å²) in [5.74, 6) is 1.01. The summed E-state index contributed by atoms with van der Waals surface area (Å²) in [5, 5.41) is 17.3. The summed E-state index contributed by atoms with van der Waals surface area (Å²) in [7, 11) is 0. The molecule has 0 unspecified atom stereocenters. The normalized spacial score (nSPS) is 16.9. The standard InChI is InChI=1S/C29H38N8S/c1-19-16-20(2)31-25(30-19)35-26(33-24-17-28(3,4)37-29(5,6)18-24)36-27(38)34-23-14-12-22(13-15-23)32-21-10-8-7-9-11-21/h7-16,24,32,37H,17-18H2,1-6H3,(H3,30,31,33,34,35,36,38). The molecule has 0 spiro atoms. The molecule has 0 saturated carbocycles. The van der Waals surface area contributed by atoms with Crippen molar-refractivity contribution in [3.8, 4) is 0 Å². The van der Waals surface area contributed by atoms with Crippen molar-refractivity contribution in [2.45, 2.75) is 71.5 Å². The zero-order valence-electron chi connectivity index (χ0n) is 23.0. The van der Waals surface area contributed by atoms with Crippen LogP contribution in [0, 0.1) is 13.8 Å². The van der Waals surface area contributed by atoms with Gasteiger partial charge in [0, 0.05) is 39.5 Å². The van der Waals surface area contributed by atoms with Crippen LogP contribution in [0.2, 0.25) is 0 Å². The van der Waals surface area contributed by atoms with Crippen molar-refractivity contribution in [3.05, 3.63) is 72.1 Å². The number of aromatic nitrogens is 2. The Morgan fingerprint density at radius 2 is 1.39 bits per heavy atom. The van der Waals surface area contributed by atoms with Crippen LogP contribution >= 0.6 is 12.2 Å². The van der Waals surface area contributed by atoms with E-state index in [0.29, 0.717) is 17.0 Å². The summed E-state index contributed by atoms with van der Waals surface area (Å²) >= 11 is 5.66. The molecule has 3 aromatic rings. The van der Waals surface area contributed by atoms with Gasteiger partial charge in [0.2, 0.25) is 11.9 Å². The van der Waals surface area contributed by atoms with Crippen LogP contribution < -0.4 is 26.6 Å². The van der Waals surface area contributed by atoms with Gasteiger partial charge in [0.15, 0.2) is 5.11 Å². The Morgan fingerprint density at radius 3 is 2.00 bits per heavy atom. The zero-order chi connectivity index (χ0) is 27.3. The highest BCUT2D eigenvalue weighted by atomic mass is 32.1. The van der Waals surface area contributed by atoms with E-state index in [-0.39, 0.29) is 17.1 Å². The zero-order valence-corrected chi connectivity index (χ0v) is 23.8. The Bertz CT molecular complexity index is 1250. The first-order chi connectivity index (χ1) is 17.9. The number of thiocarbonyl (C=S) groups is 1. The fourth-order valence-corrected chi connectivity index (χ4v) is 5.34. The Hall–Kier alpha value is -3.56. The van der Waals surface area contributed by atoms with Gasteiger partial charge in [0.1, 0.15) is 0 Å². The van der Waals surface area contributed by atoms with Crippen molar-refractivity contribution in [1.29, 1.82) is 0 Å². The lowest BCUT2D eigenvalue weighted by Crippen LogP contribution is -2.59. The van der Waals surface area contributed by atoms with E-state index in [1.54, 1.807) is 0 Å². The molecule has 38 heavy (non-hydrogen) atoms. The van der Waals surface area contributed by atoms with E-state index >= 15 is 0 Å². The summed E-state index contributed by atoms with van der Waals surface area (Å²) in [5.41, 5.74) is 4.59. The van der Waals surface area contributed by atoms with Crippen LogP contribution in [-0.4, -0.2) is 38.2 Å². The molecule has 0 atom stereocenters. The van der Waals surface area contributed by atoms with E-state index in [4.69, 9.17) is 17.2 Å². The average molecular weight is 531 g/mol. The van der Waals surface area contributed by atoms with Gasteiger partial charge < -0.3 is 21.3 Å². The highest BCUT2D eigenvalue weighted by molar-refractivity contribution is 7.80. The van der Waals surface area contributed by atoms with Gasteiger partial charge in [-0.15, -0.1) is 0 Å². The second kappa shape index (κ2) is 11.4. The average Bonchev–Trinajstić information content (AvgIpc) is 2.78. The maximum atomic E-state index is 5.66. The van der Waals surface area contributed by atoms with Crippen LogP contribution in [0.1, 0.15) is 51.9 Å². The lowest BCUT2D eigenvalue weighted by Gasteiger charge is -2.45. The molecule has 1 saturated heterocycles. The van der Waals surface area contributed by atoms with E-state index in [9.17, 15) is 0 Å². The molecule has 8 nitrogen and oxygen atoms in total. The van der Waals surface area contributed by atoms with E-state index in [1.807, 2.05) is 74.5 Å². The van der Waals surface area contributed by atoms with E-state index in [1.165, 1.54) is 0 Å². The first-order valence-corrected chi connectivity index (χ1v) is 13.3. The number of aryl methyl sites for hydroxylation is 2. The van der Waals surface area contributed by atoms with Crippen molar-refractivity contribution >= 4 is 46.3 Å². The molecule has 200 valence electrons. The Labute approximate surface area is 231 Å². The lowest BCUT2D eigenvalue weighted by atomic mass is 9.80. The molecule has 0 amide bonds. The first kappa shape index (κ1) is 27.5. The molecule has 0 bridgehead atoms. The van der Waals surface area contributed by atoms with E-state index < -0.39 is 0 Å². The van der Waals surface area contributed by atoms with Gasteiger partial charge in [-0.25, -0.2) is 15.0 Å². The maximum Gasteiger partial charge on any atom is 0.229 e. The predicted molar refractivity (Wildman–Crippen MR) is 162 cm³/mol. The van der Waals surface area contributed by atoms with Crippen LogP contribution in [0.25, 0.3) is 0 Å². The van der Waals surface area contributed by atoms with Crippen molar-refractivity contribution in [3.63, 3.8) is 0 Å². The molecule has 5 N–H and O–H groups in total. The number of nitrogens with one attached hydrogen (secondary N) is 5. The third-order valence-corrected chi connectivity index (χ3v) is 6.33. The van der Waals surface area contributed by atoms with Gasteiger partial charge in [-0.1, -0.05) is 18.2 Å². The monoisotopic (exact) mass is 530 g/mol. The van der Waals surface area contributed by atoms with Gasteiger partial charge in [0.25, 0.3) is 0 Å². The number of benzene rings is 2. The lowest BCUT2D eigenvalue weighted by molar-refractivity contribution is 0.164. The number of nitrogens with zero attached hydrogens (tertiary/aromatic N) is 3. The fourth-order valence-electron chi connectivity index (χ4n) is 5.12. The van der Waals surface area contributed by atoms with Crippen molar-refractivity contribution < 1.29 is 0 Å². The quantitative estimate of drug-likeness (QED) is 0.158. The molecule has 9 heteroatoms. The summed E-state index contributed by atoms with van der Waals surface area (Å²) in [6.45, 7) is 12.8. The molecule has 2 aromatic carbocycles. The molecule has 0 aliphatic carbocycles. The van der Waals surface area contributed by atoms with Crippen molar-refractivity contribution in [2.24, 2.45) is 4.99 Å². The van der Waals surface area contributed by atoms with Crippen LogP contribution in [0.4, 0.5) is 23.0 Å². The number of para-hydroxylation sites is 1. The van der Waals surface area contributed by atoms with E-state index in [0.717, 1.165) is 41.3 Å². The number of piperidine rings is 1. The van der Waals surface area contributed by atoms with Gasteiger partial charge in [-0.2, -0.15) is 0 Å².